The first kappa shape index (κ1) is 20.4. The largest absolute Gasteiger partial charge is 0.454 e. The van der Waals surface area contributed by atoms with Gasteiger partial charge in [-0.15, -0.1) is 0 Å². The average Bonchev–Trinajstić information content (AvgIpc) is 3.62. The van der Waals surface area contributed by atoms with Gasteiger partial charge in [0, 0.05) is 67.5 Å². The van der Waals surface area contributed by atoms with Gasteiger partial charge in [0.1, 0.15) is 11.3 Å². The zero-order chi connectivity index (χ0) is 22.5. The summed E-state index contributed by atoms with van der Waals surface area (Å²) in [7, 11) is 0. The summed E-state index contributed by atoms with van der Waals surface area (Å²) in [6, 6.07) is 11.2. The van der Waals surface area contributed by atoms with E-state index < -0.39 is 0 Å². The van der Waals surface area contributed by atoms with E-state index in [4.69, 9.17) is 19.1 Å². The number of piperazine rings is 1. The van der Waals surface area contributed by atoms with Crippen molar-refractivity contribution >= 4 is 27.8 Å². The van der Waals surface area contributed by atoms with Crippen molar-refractivity contribution in [1.29, 1.82) is 0 Å². The van der Waals surface area contributed by atoms with E-state index in [0.717, 1.165) is 84.2 Å². The maximum atomic E-state index is 6.46. The van der Waals surface area contributed by atoms with Gasteiger partial charge < -0.3 is 19.0 Å². The van der Waals surface area contributed by atoms with Crippen molar-refractivity contribution in [2.24, 2.45) is 0 Å². The van der Waals surface area contributed by atoms with Crippen LogP contribution in [0.1, 0.15) is 18.6 Å². The smallest absolute Gasteiger partial charge is 0.195 e. The summed E-state index contributed by atoms with van der Waals surface area (Å²) in [6.45, 7) is 8.48. The van der Waals surface area contributed by atoms with E-state index in [1.54, 1.807) is 0 Å². The Hall–Kier alpha value is -2.94. The van der Waals surface area contributed by atoms with Crippen LogP contribution in [0.5, 0.6) is 0 Å². The summed E-state index contributed by atoms with van der Waals surface area (Å²) < 4.78 is 12.1. The van der Waals surface area contributed by atoms with Gasteiger partial charge in [-0.1, -0.05) is 12.1 Å². The third kappa shape index (κ3) is 3.57. The summed E-state index contributed by atoms with van der Waals surface area (Å²) >= 11 is 0. The number of rotatable bonds is 4. The summed E-state index contributed by atoms with van der Waals surface area (Å²) in [5.74, 6) is 2.59. The van der Waals surface area contributed by atoms with Gasteiger partial charge in [-0.05, 0) is 31.5 Å². The molecule has 0 spiro atoms. The number of furan rings is 1. The zero-order valence-electron chi connectivity index (χ0n) is 19.4. The van der Waals surface area contributed by atoms with Crippen LogP contribution in [-0.2, 0) is 11.3 Å². The minimum Gasteiger partial charge on any atom is -0.454 e. The second-order valence-electron chi connectivity index (χ2n) is 9.71. The van der Waals surface area contributed by atoms with Gasteiger partial charge >= 0.3 is 0 Å². The van der Waals surface area contributed by atoms with E-state index in [-0.39, 0.29) is 0 Å². The highest BCUT2D eigenvalue weighted by Gasteiger charge is 2.31. The van der Waals surface area contributed by atoms with Crippen LogP contribution < -0.4 is 4.90 Å². The molecule has 3 aliphatic heterocycles. The van der Waals surface area contributed by atoms with Crippen molar-refractivity contribution in [3.05, 3.63) is 42.3 Å². The molecule has 1 aromatic carbocycles. The molecular weight excluding hydrogens is 428 g/mol. The molecule has 7 rings (SSSR count). The Labute approximate surface area is 198 Å². The number of morpholine rings is 1. The summed E-state index contributed by atoms with van der Waals surface area (Å²) in [5.41, 5.74) is 3.80. The molecule has 3 aromatic heterocycles. The number of nitrogens with zero attached hydrogens (tertiary/aromatic N) is 5. The number of hydrogen-bond acceptors (Lipinski definition) is 7. The van der Waals surface area contributed by atoms with Crippen LogP contribution in [0.2, 0.25) is 0 Å². The lowest BCUT2D eigenvalue weighted by molar-refractivity contribution is 0.0945. The van der Waals surface area contributed by atoms with E-state index in [1.807, 2.05) is 6.20 Å². The Kier molecular flexibility index (Phi) is 5.03. The quantitative estimate of drug-likeness (QED) is 0.502. The lowest BCUT2D eigenvalue weighted by atomic mass is 10.1. The van der Waals surface area contributed by atoms with Crippen LogP contribution in [0, 0.1) is 0 Å². The maximum Gasteiger partial charge on any atom is 0.195 e. The van der Waals surface area contributed by atoms with Crippen molar-refractivity contribution in [1.82, 2.24) is 24.8 Å². The molecule has 0 unspecified atom stereocenters. The van der Waals surface area contributed by atoms with Gasteiger partial charge in [-0.25, -0.2) is 9.97 Å². The lowest BCUT2D eigenvalue weighted by Crippen LogP contribution is -2.49. The molecule has 0 bridgehead atoms. The number of ether oxygens (including phenoxy) is 1. The van der Waals surface area contributed by atoms with Crippen LogP contribution in [0.15, 0.2) is 40.9 Å². The first-order chi connectivity index (χ1) is 16.8. The van der Waals surface area contributed by atoms with Crippen LogP contribution in [0.3, 0.4) is 0 Å². The third-order valence-corrected chi connectivity index (χ3v) is 7.60. The van der Waals surface area contributed by atoms with Crippen LogP contribution in [0.4, 0.5) is 5.82 Å². The number of anilines is 1. The molecule has 1 N–H and O–H groups in total. The van der Waals surface area contributed by atoms with Crippen molar-refractivity contribution in [2.75, 3.05) is 57.4 Å². The number of aromatic amines is 1. The number of benzene rings is 1. The number of aromatic nitrogens is 3. The SMILES string of the molecule is c1cc(-c2nc(N3CCOCC3)c3oc(CN4CCN5CCC[C@H]5C4)cc3n2)c2cc[nH]c2c1. The van der Waals surface area contributed by atoms with E-state index in [2.05, 4.69) is 50.0 Å². The Morgan fingerprint density at radius 1 is 1.03 bits per heavy atom. The van der Waals surface area contributed by atoms with Crippen molar-refractivity contribution in [2.45, 2.75) is 25.4 Å². The highest BCUT2D eigenvalue weighted by Crippen LogP contribution is 2.33. The van der Waals surface area contributed by atoms with Gasteiger partial charge in [0.05, 0.1) is 19.8 Å². The van der Waals surface area contributed by atoms with Gasteiger partial charge in [0.2, 0.25) is 0 Å². The fraction of sp³-hybridized carbons (Fsp3) is 0.462. The molecule has 0 amide bonds. The predicted octanol–water partition coefficient (Wildman–Crippen LogP) is 3.49. The Morgan fingerprint density at radius 2 is 1.97 bits per heavy atom. The van der Waals surface area contributed by atoms with E-state index in [9.17, 15) is 0 Å². The van der Waals surface area contributed by atoms with E-state index in [0.29, 0.717) is 19.3 Å². The Morgan fingerprint density at radius 3 is 2.91 bits per heavy atom. The van der Waals surface area contributed by atoms with Gasteiger partial charge in [0.15, 0.2) is 17.2 Å². The molecule has 34 heavy (non-hydrogen) atoms. The molecule has 3 aliphatic rings. The van der Waals surface area contributed by atoms with Crippen LogP contribution in [0.25, 0.3) is 33.4 Å². The van der Waals surface area contributed by atoms with Crippen molar-refractivity contribution in [3.63, 3.8) is 0 Å². The number of nitrogens with one attached hydrogen (secondary N) is 1. The summed E-state index contributed by atoms with van der Waals surface area (Å²) in [6.07, 6.45) is 4.62. The van der Waals surface area contributed by atoms with Crippen molar-refractivity contribution in [3.8, 4) is 11.4 Å². The molecule has 176 valence electrons. The molecule has 3 fully saturated rings. The summed E-state index contributed by atoms with van der Waals surface area (Å²) in [4.78, 5) is 20.8. The number of hydrogen-bond donors (Lipinski definition) is 1. The normalized spacial score (nSPS) is 22.1. The van der Waals surface area contributed by atoms with Gasteiger partial charge in [-0.2, -0.15) is 0 Å². The molecule has 4 aromatic rings. The molecule has 6 heterocycles. The highest BCUT2D eigenvalue weighted by atomic mass is 16.5. The third-order valence-electron chi connectivity index (χ3n) is 7.60. The molecule has 0 saturated carbocycles. The Balaban J connectivity index is 1.28. The highest BCUT2D eigenvalue weighted by molar-refractivity contribution is 5.95. The first-order valence-corrected chi connectivity index (χ1v) is 12.5. The van der Waals surface area contributed by atoms with Crippen LogP contribution >= 0.6 is 0 Å². The molecule has 3 saturated heterocycles. The average molecular weight is 459 g/mol. The second-order valence-corrected chi connectivity index (χ2v) is 9.71. The maximum absolute atomic E-state index is 6.46. The number of H-pyrrole nitrogens is 1. The molecule has 0 radical (unpaired) electrons. The second kappa shape index (κ2) is 8.37. The molecule has 8 heteroatoms. The minimum absolute atomic E-state index is 0.702. The lowest BCUT2D eigenvalue weighted by Gasteiger charge is -2.37. The predicted molar refractivity (Wildman–Crippen MR) is 132 cm³/mol. The molecular formula is C26H30N6O2. The van der Waals surface area contributed by atoms with Gasteiger partial charge in [0.25, 0.3) is 0 Å². The molecule has 8 nitrogen and oxygen atoms in total. The number of fused-ring (bicyclic) bond motifs is 3. The van der Waals surface area contributed by atoms with Gasteiger partial charge in [-0.3, -0.25) is 9.80 Å². The fourth-order valence-electron chi connectivity index (χ4n) is 5.85. The standard InChI is InChI=1S/C26H30N6O2/c1-4-21(20-6-7-27-22(20)5-1)25-28-23-15-19(17-30-9-10-31-8-2-3-18(31)16-30)34-24(23)26(29-25)32-11-13-33-14-12-32/h1,4-7,15,18,27H,2-3,8-14,16-17H2/t18-/m0/s1. The monoisotopic (exact) mass is 458 g/mol. The molecule has 0 aliphatic carbocycles. The minimum atomic E-state index is 0.702. The van der Waals surface area contributed by atoms with E-state index >= 15 is 0 Å². The Bertz CT molecular complexity index is 1320. The molecule has 1 atom stereocenters. The fourth-order valence-corrected chi connectivity index (χ4v) is 5.85. The van der Waals surface area contributed by atoms with E-state index in [1.165, 1.54) is 19.4 Å². The summed E-state index contributed by atoms with van der Waals surface area (Å²) in [5, 5.41) is 1.13. The van der Waals surface area contributed by atoms with Crippen LogP contribution in [-0.4, -0.2) is 83.3 Å². The topological polar surface area (TPSA) is 73.7 Å². The first-order valence-electron chi connectivity index (χ1n) is 12.5. The van der Waals surface area contributed by atoms with Crippen molar-refractivity contribution < 1.29 is 9.15 Å². The zero-order valence-corrected chi connectivity index (χ0v) is 19.4.